The van der Waals surface area contributed by atoms with Crippen LogP contribution in [0.1, 0.15) is 37.4 Å². The number of halogens is 1. The molecule has 5 nitrogen and oxygen atoms in total. The summed E-state index contributed by atoms with van der Waals surface area (Å²) in [6.45, 7) is 2.02. The van der Waals surface area contributed by atoms with Gasteiger partial charge in [-0.2, -0.15) is 10.1 Å². The zero-order valence-corrected chi connectivity index (χ0v) is 21.7. The fourth-order valence-electron chi connectivity index (χ4n) is 3.59. The molecule has 0 aliphatic rings. The predicted octanol–water partition coefficient (Wildman–Crippen LogP) is 7.28. The number of carbonyl (C=O) groups is 2. The molecule has 0 spiro atoms. The van der Waals surface area contributed by atoms with Crippen LogP contribution in [-0.2, 0) is 0 Å². The maximum absolute atomic E-state index is 13.6. The first kappa shape index (κ1) is 23.8. The summed E-state index contributed by atoms with van der Waals surface area (Å²) in [6, 6.07) is 29.3. The van der Waals surface area contributed by atoms with Crippen molar-refractivity contribution in [1.29, 1.82) is 0 Å². The lowest BCUT2D eigenvalue weighted by Gasteiger charge is -2.14. The molecule has 0 atom stereocenters. The number of hydrazone groups is 1. The maximum Gasteiger partial charge on any atom is 0.280 e. The highest BCUT2D eigenvalue weighted by Gasteiger charge is 2.22. The molecule has 0 aliphatic heterocycles. The molecule has 7 heteroatoms. The predicted molar refractivity (Wildman–Crippen MR) is 149 cm³/mol. The Morgan fingerprint density at radius 2 is 1.53 bits per heavy atom. The third kappa shape index (κ3) is 5.17. The van der Waals surface area contributed by atoms with Crippen molar-refractivity contribution in [3.05, 3.63) is 129 Å². The van der Waals surface area contributed by atoms with E-state index < -0.39 is 0 Å². The van der Waals surface area contributed by atoms with E-state index in [0.29, 0.717) is 21.8 Å². The Kier molecular flexibility index (Phi) is 6.84. The molecule has 0 N–H and O–H groups in total. The average Bonchev–Trinajstić information content (AvgIpc) is 3.32. The van der Waals surface area contributed by atoms with E-state index in [2.05, 4.69) is 26.0 Å². The molecule has 0 unspecified atom stereocenters. The van der Waals surface area contributed by atoms with Crippen molar-refractivity contribution in [3.63, 3.8) is 0 Å². The third-order valence-electron chi connectivity index (χ3n) is 5.54. The van der Waals surface area contributed by atoms with Crippen molar-refractivity contribution >= 4 is 60.5 Å². The van der Waals surface area contributed by atoms with Crippen molar-refractivity contribution < 1.29 is 9.59 Å². The van der Waals surface area contributed by atoms with Gasteiger partial charge in [0.1, 0.15) is 0 Å². The van der Waals surface area contributed by atoms with Crippen LogP contribution in [0.3, 0.4) is 0 Å². The van der Waals surface area contributed by atoms with Crippen molar-refractivity contribution in [2.24, 2.45) is 5.10 Å². The molecular formula is C29H20BrN3O2S. The molecule has 1 aromatic heterocycles. The fourth-order valence-corrected chi connectivity index (χ4v) is 5.06. The van der Waals surface area contributed by atoms with Crippen LogP contribution >= 0.6 is 27.3 Å². The second-order valence-corrected chi connectivity index (χ2v) is 10.1. The molecule has 0 fully saturated rings. The molecule has 1 heterocycles. The van der Waals surface area contributed by atoms with Gasteiger partial charge >= 0.3 is 0 Å². The van der Waals surface area contributed by atoms with Crippen molar-refractivity contribution in [3.8, 4) is 0 Å². The van der Waals surface area contributed by atoms with E-state index in [-0.39, 0.29) is 11.7 Å². The van der Waals surface area contributed by atoms with E-state index in [9.17, 15) is 9.59 Å². The molecule has 0 saturated carbocycles. The Hall–Kier alpha value is -3.94. The highest BCUT2D eigenvalue weighted by atomic mass is 79.9. The summed E-state index contributed by atoms with van der Waals surface area (Å²) in [5, 5.41) is 6.29. The van der Waals surface area contributed by atoms with Crippen LogP contribution < -0.4 is 5.01 Å². The number of amides is 1. The van der Waals surface area contributed by atoms with Gasteiger partial charge in [-0.1, -0.05) is 99.6 Å². The first-order valence-corrected chi connectivity index (χ1v) is 12.8. The van der Waals surface area contributed by atoms with Gasteiger partial charge in [0.15, 0.2) is 5.78 Å². The Labute approximate surface area is 220 Å². The molecule has 0 bridgehead atoms. The lowest BCUT2D eigenvalue weighted by molar-refractivity contribution is 0.0985. The second kappa shape index (κ2) is 10.4. The summed E-state index contributed by atoms with van der Waals surface area (Å²) >= 11 is 4.87. The van der Waals surface area contributed by atoms with Crippen molar-refractivity contribution in [1.82, 2.24) is 4.98 Å². The zero-order chi connectivity index (χ0) is 25.1. The van der Waals surface area contributed by atoms with Gasteiger partial charge in [0.05, 0.1) is 16.4 Å². The second-order valence-electron chi connectivity index (χ2n) is 8.15. The van der Waals surface area contributed by atoms with Gasteiger partial charge < -0.3 is 0 Å². The number of thiazole rings is 1. The fraction of sp³-hybridized carbons (Fsp3) is 0.0345. The van der Waals surface area contributed by atoms with Crippen molar-refractivity contribution in [2.45, 2.75) is 6.92 Å². The van der Waals surface area contributed by atoms with Gasteiger partial charge in [0, 0.05) is 21.2 Å². The number of rotatable bonds is 6. The van der Waals surface area contributed by atoms with Gasteiger partial charge in [-0.15, -0.1) is 0 Å². The molecular weight excluding hydrogens is 534 g/mol. The van der Waals surface area contributed by atoms with E-state index in [1.54, 1.807) is 42.6 Å². The molecule has 1 amide bonds. The van der Waals surface area contributed by atoms with Crippen LogP contribution in [0, 0.1) is 6.92 Å². The maximum atomic E-state index is 13.6. The quantitative estimate of drug-likeness (QED) is 0.126. The van der Waals surface area contributed by atoms with Crippen LogP contribution in [-0.4, -0.2) is 22.9 Å². The van der Waals surface area contributed by atoms with Gasteiger partial charge in [-0.3, -0.25) is 9.59 Å². The van der Waals surface area contributed by atoms with Crippen LogP contribution in [0.2, 0.25) is 0 Å². The topological polar surface area (TPSA) is 62.6 Å². The Balaban J connectivity index is 1.48. The average molecular weight is 554 g/mol. The first-order chi connectivity index (χ1) is 17.5. The highest BCUT2D eigenvalue weighted by Crippen LogP contribution is 2.32. The normalized spacial score (nSPS) is 11.2. The van der Waals surface area contributed by atoms with Gasteiger partial charge in [-0.25, -0.2) is 4.98 Å². The molecule has 0 saturated heterocycles. The number of fused-ring (bicyclic) bond motifs is 1. The summed E-state index contributed by atoms with van der Waals surface area (Å²) in [5.74, 6) is -0.434. The van der Waals surface area contributed by atoms with E-state index in [1.807, 2.05) is 67.6 Å². The van der Waals surface area contributed by atoms with Gasteiger partial charge in [0.2, 0.25) is 5.13 Å². The monoisotopic (exact) mass is 553 g/mol. The van der Waals surface area contributed by atoms with Crippen LogP contribution in [0.5, 0.6) is 0 Å². The summed E-state index contributed by atoms with van der Waals surface area (Å²) in [5.41, 5.74) is 4.30. The first-order valence-electron chi connectivity index (χ1n) is 11.2. The molecule has 4 aromatic carbocycles. The molecule has 176 valence electrons. The Morgan fingerprint density at radius 1 is 0.861 bits per heavy atom. The summed E-state index contributed by atoms with van der Waals surface area (Å²) in [6.07, 6.45) is 1.65. The number of anilines is 1. The van der Waals surface area contributed by atoms with Crippen molar-refractivity contribution in [2.75, 3.05) is 5.01 Å². The number of hydrogen-bond acceptors (Lipinski definition) is 5. The third-order valence-corrected chi connectivity index (χ3v) is 7.03. The summed E-state index contributed by atoms with van der Waals surface area (Å²) in [7, 11) is 0. The zero-order valence-electron chi connectivity index (χ0n) is 19.3. The van der Waals surface area contributed by atoms with Crippen LogP contribution in [0.15, 0.2) is 107 Å². The standard InChI is InChI=1S/C29H20BrN3O2S/c1-19-7-9-20(10-8-19)18-31-33(29-32-25-16-15-24(30)17-26(25)36-29)28(35)23-13-11-22(12-14-23)27(34)21-5-3-2-4-6-21/h2-18H,1H3/b31-18+. The number of hydrogen-bond donors (Lipinski definition) is 0. The number of benzene rings is 4. The van der Waals surface area contributed by atoms with E-state index in [4.69, 9.17) is 0 Å². The van der Waals surface area contributed by atoms with E-state index in [1.165, 1.54) is 16.3 Å². The molecule has 36 heavy (non-hydrogen) atoms. The number of carbonyl (C=O) groups excluding carboxylic acids is 2. The lowest BCUT2D eigenvalue weighted by Crippen LogP contribution is -2.25. The number of ketones is 1. The smallest absolute Gasteiger partial charge is 0.280 e. The summed E-state index contributed by atoms with van der Waals surface area (Å²) < 4.78 is 1.87. The minimum atomic E-state index is -0.338. The molecule has 5 aromatic rings. The molecule has 0 aliphatic carbocycles. The SMILES string of the molecule is Cc1ccc(/C=N/N(C(=O)c2ccc(C(=O)c3ccccc3)cc2)c2nc3ccc(Br)cc3s2)cc1. The summed E-state index contributed by atoms with van der Waals surface area (Å²) in [4.78, 5) is 31.0. The molecule has 5 rings (SSSR count). The Morgan fingerprint density at radius 3 is 2.25 bits per heavy atom. The minimum absolute atomic E-state index is 0.0967. The highest BCUT2D eigenvalue weighted by molar-refractivity contribution is 9.10. The number of aryl methyl sites for hydroxylation is 1. The number of nitrogens with zero attached hydrogens (tertiary/aromatic N) is 3. The van der Waals surface area contributed by atoms with E-state index >= 15 is 0 Å². The minimum Gasteiger partial charge on any atom is -0.289 e. The Bertz CT molecular complexity index is 1580. The van der Waals surface area contributed by atoms with Crippen LogP contribution in [0.4, 0.5) is 5.13 Å². The largest absolute Gasteiger partial charge is 0.289 e. The van der Waals surface area contributed by atoms with E-state index in [0.717, 1.165) is 25.8 Å². The molecule has 0 radical (unpaired) electrons. The number of aromatic nitrogens is 1. The van der Waals surface area contributed by atoms with Crippen LogP contribution in [0.25, 0.3) is 10.2 Å². The van der Waals surface area contributed by atoms with Gasteiger partial charge in [0.25, 0.3) is 5.91 Å². The lowest BCUT2D eigenvalue weighted by atomic mass is 10.0. The van der Waals surface area contributed by atoms with Gasteiger partial charge in [-0.05, 0) is 42.8 Å².